The first-order chi connectivity index (χ1) is 9.15. The summed E-state index contributed by atoms with van der Waals surface area (Å²) < 4.78 is 4.85. The number of thiazole rings is 1. The second kappa shape index (κ2) is 8.47. The Hall–Kier alpha value is -1.63. The zero-order valence-corrected chi connectivity index (χ0v) is 12.0. The summed E-state index contributed by atoms with van der Waals surface area (Å²) in [5.41, 5.74) is 0.684. The highest BCUT2D eigenvalue weighted by Crippen LogP contribution is 2.15. The number of hydrogen-bond donors (Lipinski definition) is 2. The molecule has 1 aromatic heterocycles. The Labute approximate surface area is 116 Å². The minimum absolute atomic E-state index is 0.0123. The predicted molar refractivity (Wildman–Crippen MR) is 74.2 cm³/mol. The topological polar surface area (TPSA) is 80.3 Å². The van der Waals surface area contributed by atoms with Gasteiger partial charge in [0, 0.05) is 24.9 Å². The molecule has 0 aliphatic carbocycles. The van der Waals surface area contributed by atoms with Gasteiger partial charge in [-0.05, 0) is 13.8 Å². The number of rotatable bonds is 8. The molecule has 0 radical (unpaired) electrons. The summed E-state index contributed by atoms with van der Waals surface area (Å²) in [5.74, 6) is -0.264. The standard InChI is InChI=1S/C12H19N3O3S/c1-3-13-10(16)5-6-14-12-15-9(8-19-12)7-11(17)18-4-2/h8H,3-7H2,1-2H3,(H,13,16)(H,14,15). The van der Waals surface area contributed by atoms with E-state index in [-0.39, 0.29) is 18.3 Å². The van der Waals surface area contributed by atoms with E-state index in [1.165, 1.54) is 11.3 Å². The molecule has 1 rings (SSSR count). The summed E-state index contributed by atoms with van der Waals surface area (Å²) in [6.45, 7) is 5.19. The summed E-state index contributed by atoms with van der Waals surface area (Å²) in [5, 5.41) is 8.30. The Morgan fingerprint density at radius 1 is 1.42 bits per heavy atom. The quantitative estimate of drug-likeness (QED) is 0.701. The van der Waals surface area contributed by atoms with Gasteiger partial charge in [-0.15, -0.1) is 11.3 Å². The summed E-state index contributed by atoms with van der Waals surface area (Å²) in [4.78, 5) is 26.7. The Balaban J connectivity index is 2.30. The van der Waals surface area contributed by atoms with Crippen LogP contribution >= 0.6 is 11.3 Å². The van der Waals surface area contributed by atoms with Crippen molar-refractivity contribution in [1.82, 2.24) is 10.3 Å². The van der Waals surface area contributed by atoms with Gasteiger partial charge in [0.2, 0.25) is 5.91 Å². The molecule has 0 saturated carbocycles. The zero-order chi connectivity index (χ0) is 14.1. The van der Waals surface area contributed by atoms with E-state index in [1.54, 1.807) is 6.92 Å². The van der Waals surface area contributed by atoms with Gasteiger partial charge < -0.3 is 15.4 Å². The average molecular weight is 285 g/mol. The second-order valence-corrected chi connectivity index (χ2v) is 4.61. The number of amides is 1. The fourth-order valence-electron chi connectivity index (χ4n) is 1.40. The van der Waals surface area contributed by atoms with Crippen LogP contribution in [0.15, 0.2) is 5.38 Å². The van der Waals surface area contributed by atoms with E-state index in [0.717, 1.165) is 0 Å². The molecule has 0 aliphatic heterocycles. The Kier molecular flexibility index (Phi) is 6.88. The molecule has 1 aromatic rings. The summed E-state index contributed by atoms with van der Waals surface area (Å²) in [6.07, 6.45) is 0.586. The SMILES string of the molecule is CCNC(=O)CCNc1nc(CC(=O)OCC)cs1. The van der Waals surface area contributed by atoms with E-state index >= 15 is 0 Å². The van der Waals surface area contributed by atoms with E-state index in [9.17, 15) is 9.59 Å². The van der Waals surface area contributed by atoms with Gasteiger partial charge in [0.1, 0.15) is 0 Å². The van der Waals surface area contributed by atoms with Gasteiger partial charge in [-0.1, -0.05) is 0 Å². The smallest absolute Gasteiger partial charge is 0.311 e. The third kappa shape index (κ3) is 6.19. The van der Waals surface area contributed by atoms with E-state index in [0.29, 0.717) is 36.9 Å². The molecule has 0 spiro atoms. The van der Waals surface area contributed by atoms with E-state index in [1.807, 2.05) is 12.3 Å². The van der Waals surface area contributed by atoms with Crippen molar-refractivity contribution in [3.63, 3.8) is 0 Å². The van der Waals surface area contributed by atoms with Crippen LogP contribution in [0.5, 0.6) is 0 Å². The van der Waals surface area contributed by atoms with Crippen LogP contribution in [0, 0.1) is 0 Å². The molecule has 0 unspecified atom stereocenters. The number of aromatic nitrogens is 1. The number of hydrogen-bond acceptors (Lipinski definition) is 6. The maximum Gasteiger partial charge on any atom is 0.311 e. The fourth-order valence-corrected chi connectivity index (χ4v) is 2.14. The zero-order valence-electron chi connectivity index (χ0n) is 11.2. The Morgan fingerprint density at radius 2 is 2.21 bits per heavy atom. The third-order valence-corrected chi connectivity index (χ3v) is 3.03. The molecule has 0 bridgehead atoms. The van der Waals surface area contributed by atoms with E-state index < -0.39 is 0 Å². The monoisotopic (exact) mass is 285 g/mol. The number of anilines is 1. The van der Waals surface area contributed by atoms with Crippen LogP contribution < -0.4 is 10.6 Å². The van der Waals surface area contributed by atoms with Crippen LogP contribution in [0.25, 0.3) is 0 Å². The number of carbonyl (C=O) groups excluding carboxylic acids is 2. The lowest BCUT2D eigenvalue weighted by atomic mass is 10.3. The van der Waals surface area contributed by atoms with Crippen molar-refractivity contribution < 1.29 is 14.3 Å². The summed E-state index contributed by atoms with van der Waals surface area (Å²) in [6, 6.07) is 0. The molecule has 0 fully saturated rings. The van der Waals surface area contributed by atoms with Gasteiger partial charge in [0.25, 0.3) is 0 Å². The van der Waals surface area contributed by atoms with Crippen molar-refractivity contribution in [3.05, 3.63) is 11.1 Å². The van der Waals surface area contributed by atoms with E-state index in [2.05, 4.69) is 15.6 Å². The van der Waals surface area contributed by atoms with Crippen LogP contribution in [0.1, 0.15) is 26.0 Å². The number of nitrogens with zero attached hydrogens (tertiary/aromatic N) is 1. The van der Waals surface area contributed by atoms with Crippen LogP contribution in [-0.2, 0) is 20.7 Å². The molecule has 7 heteroatoms. The lowest BCUT2D eigenvalue weighted by Gasteiger charge is -2.02. The van der Waals surface area contributed by atoms with Crippen LogP contribution in [-0.4, -0.2) is 36.6 Å². The minimum atomic E-state index is -0.276. The van der Waals surface area contributed by atoms with Crippen molar-refractivity contribution in [2.75, 3.05) is 25.0 Å². The first-order valence-corrected chi connectivity index (χ1v) is 7.14. The molecular weight excluding hydrogens is 266 g/mol. The summed E-state index contributed by atoms with van der Waals surface area (Å²) >= 11 is 1.41. The molecular formula is C12H19N3O3S. The van der Waals surface area contributed by atoms with Gasteiger partial charge >= 0.3 is 5.97 Å². The normalized spacial score (nSPS) is 10.0. The molecule has 0 aliphatic rings. The lowest BCUT2D eigenvalue weighted by molar-refractivity contribution is -0.142. The third-order valence-electron chi connectivity index (χ3n) is 2.18. The van der Waals surface area contributed by atoms with Crippen molar-refractivity contribution in [1.29, 1.82) is 0 Å². The number of ether oxygens (including phenoxy) is 1. The maximum atomic E-state index is 11.3. The largest absolute Gasteiger partial charge is 0.466 e. The molecule has 1 amide bonds. The van der Waals surface area contributed by atoms with Gasteiger partial charge in [-0.3, -0.25) is 9.59 Å². The van der Waals surface area contributed by atoms with Crippen LogP contribution in [0.3, 0.4) is 0 Å². The molecule has 106 valence electrons. The minimum Gasteiger partial charge on any atom is -0.466 e. The van der Waals surface area contributed by atoms with Gasteiger partial charge in [-0.25, -0.2) is 4.98 Å². The van der Waals surface area contributed by atoms with Crippen molar-refractivity contribution in [2.24, 2.45) is 0 Å². The molecule has 0 saturated heterocycles. The molecule has 0 atom stereocenters. The highest BCUT2D eigenvalue weighted by Gasteiger charge is 2.08. The predicted octanol–water partition coefficient (Wildman–Crippen LogP) is 1.19. The Bertz CT molecular complexity index is 420. The van der Waals surface area contributed by atoms with Gasteiger partial charge in [-0.2, -0.15) is 0 Å². The van der Waals surface area contributed by atoms with Crippen molar-refractivity contribution in [2.45, 2.75) is 26.7 Å². The fraction of sp³-hybridized carbons (Fsp3) is 0.583. The lowest BCUT2D eigenvalue weighted by Crippen LogP contribution is -2.24. The maximum absolute atomic E-state index is 11.3. The van der Waals surface area contributed by atoms with Crippen LogP contribution in [0.2, 0.25) is 0 Å². The van der Waals surface area contributed by atoms with Crippen molar-refractivity contribution in [3.8, 4) is 0 Å². The van der Waals surface area contributed by atoms with E-state index in [4.69, 9.17) is 4.74 Å². The van der Waals surface area contributed by atoms with Gasteiger partial charge in [0.05, 0.1) is 18.7 Å². The molecule has 0 aromatic carbocycles. The highest BCUT2D eigenvalue weighted by atomic mass is 32.1. The second-order valence-electron chi connectivity index (χ2n) is 3.76. The molecule has 19 heavy (non-hydrogen) atoms. The molecule has 6 nitrogen and oxygen atoms in total. The number of esters is 1. The summed E-state index contributed by atoms with van der Waals surface area (Å²) in [7, 11) is 0. The van der Waals surface area contributed by atoms with Gasteiger partial charge in [0.15, 0.2) is 5.13 Å². The molecule has 2 N–H and O–H groups in total. The van der Waals surface area contributed by atoms with Crippen LogP contribution in [0.4, 0.5) is 5.13 Å². The number of carbonyl (C=O) groups is 2. The highest BCUT2D eigenvalue weighted by molar-refractivity contribution is 7.13. The first kappa shape index (κ1) is 15.4. The Morgan fingerprint density at radius 3 is 2.89 bits per heavy atom. The molecule has 1 heterocycles. The average Bonchev–Trinajstić information content (AvgIpc) is 2.77. The number of nitrogens with one attached hydrogen (secondary N) is 2. The van der Waals surface area contributed by atoms with Crippen molar-refractivity contribution >= 4 is 28.3 Å². The first-order valence-electron chi connectivity index (χ1n) is 6.26.